The van der Waals surface area contributed by atoms with Crippen LogP contribution in [0.5, 0.6) is 0 Å². The third-order valence-electron chi connectivity index (χ3n) is 8.02. The molecule has 3 aliphatic heterocycles. The fourth-order valence-electron chi connectivity index (χ4n) is 5.83. The molecule has 0 N–H and O–H groups in total. The van der Waals surface area contributed by atoms with Crippen molar-refractivity contribution >= 4 is 11.8 Å². The van der Waals surface area contributed by atoms with Crippen LogP contribution in [0.15, 0.2) is 42.5 Å². The van der Waals surface area contributed by atoms with Crippen LogP contribution >= 0.6 is 0 Å². The number of nitrogens with zero attached hydrogens (tertiary/aromatic N) is 3. The van der Waals surface area contributed by atoms with Gasteiger partial charge in [0, 0.05) is 55.9 Å². The Morgan fingerprint density at radius 2 is 1.56 bits per heavy atom. The summed E-state index contributed by atoms with van der Waals surface area (Å²) in [6.07, 6.45) is 7.31. The summed E-state index contributed by atoms with van der Waals surface area (Å²) < 4.78 is 0. The van der Waals surface area contributed by atoms with Crippen molar-refractivity contribution in [2.75, 3.05) is 26.2 Å². The van der Waals surface area contributed by atoms with Crippen molar-refractivity contribution in [2.45, 2.75) is 57.2 Å². The van der Waals surface area contributed by atoms with E-state index in [1.165, 1.54) is 19.3 Å². The van der Waals surface area contributed by atoms with Gasteiger partial charge in [-0.1, -0.05) is 24.6 Å². The molecule has 5 heteroatoms. The first kappa shape index (κ1) is 20.0. The highest BCUT2D eigenvalue weighted by Gasteiger charge is 2.39. The fraction of sp³-hybridized carbons (Fsp3) is 0.481. The van der Waals surface area contributed by atoms with Crippen molar-refractivity contribution in [1.82, 2.24) is 14.7 Å². The maximum Gasteiger partial charge on any atom is 0.254 e. The summed E-state index contributed by atoms with van der Waals surface area (Å²) in [5, 5.41) is 0. The molecule has 5 nitrogen and oxygen atoms in total. The molecule has 2 amide bonds. The van der Waals surface area contributed by atoms with Crippen molar-refractivity contribution < 1.29 is 9.59 Å². The maximum atomic E-state index is 13.1. The molecular formula is C27H31N3O2. The van der Waals surface area contributed by atoms with Gasteiger partial charge in [0.25, 0.3) is 11.8 Å². The molecule has 0 radical (unpaired) electrons. The normalized spacial score (nSPS) is 23.6. The van der Waals surface area contributed by atoms with E-state index in [0.717, 1.165) is 85.8 Å². The van der Waals surface area contributed by atoms with Gasteiger partial charge in [-0.25, -0.2) is 0 Å². The van der Waals surface area contributed by atoms with Gasteiger partial charge in [0.05, 0.1) is 0 Å². The number of likely N-dealkylation sites (tertiary alicyclic amines) is 2. The van der Waals surface area contributed by atoms with Crippen molar-refractivity contribution in [3.63, 3.8) is 0 Å². The van der Waals surface area contributed by atoms with Crippen molar-refractivity contribution in [1.29, 1.82) is 0 Å². The smallest absolute Gasteiger partial charge is 0.254 e. The summed E-state index contributed by atoms with van der Waals surface area (Å²) in [5.41, 5.74) is 4.95. The lowest BCUT2D eigenvalue weighted by atomic mass is 9.92. The van der Waals surface area contributed by atoms with Crippen molar-refractivity contribution in [3.8, 4) is 11.1 Å². The minimum absolute atomic E-state index is 0.136. The number of amides is 2. The largest absolute Gasteiger partial charge is 0.339 e. The summed E-state index contributed by atoms with van der Waals surface area (Å²) in [5.74, 6) is 0.329. The Hall–Kier alpha value is -2.66. The van der Waals surface area contributed by atoms with Gasteiger partial charge < -0.3 is 9.80 Å². The first-order valence-corrected chi connectivity index (χ1v) is 12.2. The summed E-state index contributed by atoms with van der Waals surface area (Å²) in [4.78, 5) is 32.4. The predicted molar refractivity (Wildman–Crippen MR) is 125 cm³/mol. The Balaban J connectivity index is 1.16. The Morgan fingerprint density at radius 1 is 0.812 bits per heavy atom. The van der Waals surface area contributed by atoms with Crippen LogP contribution in [0.3, 0.4) is 0 Å². The van der Waals surface area contributed by atoms with Gasteiger partial charge in [0.1, 0.15) is 0 Å². The van der Waals surface area contributed by atoms with Crippen LogP contribution in [-0.2, 0) is 6.54 Å². The Labute approximate surface area is 190 Å². The molecule has 1 atom stereocenters. The molecule has 3 heterocycles. The van der Waals surface area contributed by atoms with Gasteiger partial charge >= 0.3 is 0 Å². The number of rotatable bonds is 4. The SMILES string of the molecule is O=C(c1ccc(-c2ccc3c(c2)CN(C2CCN(C4CCC4)C2)C3=O)cc1)N1CCCC1. The zero-order valence-corrected chi connectivity index (χ0v) is 18.6. The molecule has 2 aromatic rings. The molecule has 0 spiro atoms. The minimum atomic E-state index is 0.136. The lowest BCUT2D eigenvalue weighted by Gasteiger charge is -2.35. The van der Waals surface area contributed by atoms with Crippen LogP contribution in [0.4, 0.5) is 0 Å². The molecule has 0 aromatic heterocycles. The van der Waals surface area contributed by atoms with Gasteiger partial charge in [0.15, 0.2) is 0 Å². The highest BCUT2D eigenvalue weighted by atomic mass is 16.2. The van der Waals surface area contributed by atoms with Crippen LogP contribution in [0.25, 0.3) is 11.1 Å². The molecule has 4 aliphatic rings. The minimum Gasteiger partial charge on any atom is -0.339 e. The number of hydrogen-bond donors (Lipinski definition) is 0. The van der Waals surface area contributed by atoms with Crippen molar-refractivity contribution in [2.24, 2.45) is 0 Å². The average Bonchev–Trinajstić information content (AvgIpc) is 3.53. The van der Waals surface area contributed by atoms with E-state index in [1.807, 2.05) is 41.3 Å². The van der Waals surface area contributed by atoms with E-state index in [1.54, 1.807) is 0 Å². The molecule has 1 saturated carbocycles. The van der Waals surface area contributed by atoms with Gasteiger partial charge in [-0.3, -0.25) is 14.5 Å². The van der Waals surface area contributed by atoms with E-state index < -0.39 is 0 Å². The third kappa shape index (κ3) is 3.43. The molecule has 2 aromatic carbocycles. The fourth-order valence-corrected chi connectivity index (χ4v) is 5.83. The zero-order chi connectivity index (χ0) is 21.7. The second-order valence-electron chi connectivity index (χ2n) is 9.90. The molecule has 1 aliphatic carbocycles. The van der Waals surface area contributed by atoms with Crippen LogP contribution in [0.2, 0.25) is 0 Å². The van der Waals surface area contributed by atoms with Gasteiger partial charge in [0.2, 0.25) is 0 Å². The van der Waals surface area contributed by atoms with Crippen LogP contribution in [-0.4, -0.2) is 64.8 Å². The molecule has 166 valence electrons. The molecular weight excluding hydrogens is 398 g/mol. The molecule has 6 rings (SSSR count). The van der Waals surface area contributed by atoms with Crippen LogP contribution < -0.4 is 0 Å². The second-order valence-corrected chi connectivity index (χ2v) is 9.90. The predicted octanol–water partition coefficient (Wildman–Crippen LogP) is 4.17. The number of benzene rings is 2. The third-order valence-corrected chi connectivity index (χ3v) is 8.02. The summed E-state index contributed by atoms with van der Waals surface area (Å²) in [6, 6.07) is 15.3. The molecule has 2 saturated heterocycles. The number of fused-ring (bicyclic) bond motifs is 1. The second kappa shape index (κ2) is 8.04. The first-order valence-electron chi connectivity index (χ1n) is 12.2. The van der Waals surface area contributed by atoms with E-state index >= 15 is 0 Å². The van der Waals surface area contributed by atoms with E-state index in [4.69, 9.17) is 0 Å². The summed E-state index contributed by atoms with van der Waals surface area (Å²) >= 11 is 0. The Morgan fingerprint density at radius 3 is 2.28 bits per heavy atom. The van der Waals surface area contributed by atoms with E-state index in [-0.39, 0.29) is 11.8 Å². The molecule has 1 unspecified atom stereocenters. The van der Waals surface area contributed by atoms with Gasteiger partial charge in [-0.2, -0.15) is 0 Å². The quantitative estimate of drug-likeness (QED) is 0.733. The molecule has 0 bridgehead atoms. The number of carbonyl (C=O) groups is 2. The molecule has 3 fully saturated rings. The van der Waals surface area contributed by atoms with E-state index in [2.05, 4.69) is 15.9 Å². The highest BCUT2D eigenvalue weighted by molar-refractivity contribution is 5.99. The first-order chi connectivity index (χ1) is 15.7. The maximum absolute atomic E-state index is 13.1. The standard InChI is InChI=1S/C27H31N3O2/c31-26(28-13-1-2-14-28)20-8-6-19(7-9-20)21-10-11-25-22(16-21)17-30(27(25)32)24-12-15-29(18-24)23-4-3-5-23/h6-11,16,23-24H,1-5,12-15,17-18H2. The summed E-state index contributed by atoms with van der Waals surface area (Å²) in [6.45, 7) is 4.62. The van der Waals surface area contributed by atoms with E-state index in [0.29, 0.717) is 6.04 Å². The topological polar surface area (TPSA) is 43.9 Å². The zero-order valence-electron chi connectivity index (χ0n) is 18.6. The van der Waals surface area contributed by atoms with Gasteiger partial charge in [-0.05, 0) is 73.1 Å². The lowest BCUT2D eigenvalue weighted by molar-refractivity contribution is 0.0689. The van der Waals surface area contributed by atoms with Gasteiger partial charge in [-0.15, -0.1) is 0 Å². The van der Waals surface area contributed by atoms with Crippen LogP contribution in [0.1, 0.15) is 64.8 Å². The highest BCUT2D eigenvalue weighted by Crippen LogP contribution is 2.34. The number of carbonyl (C=O) groups excluding carboxylic acids is 2. The number of hydrogen-bond acceptors (Lipinski definition) is 3. The Kier molecular flexibility index (Phi) is 5.02. The lowest BCUT2D eigenvalue weighted by Crippen LogP contribution is -2.42. The average molecular weight is 430 g/mol. The van der Waals surface area contributed by atoms with Crippen molar-refractivity contribution in [3.05, 3.63) is 59.2 Å². The van der Waals surface area contributed by atoms with Crippen LogP contribution in [0, 0.1) is 0 Å². The molecule has 32 heavy (non-hydrogen) atoms. The summed E-state index contributed by atoms with van der Waals surface area (Å²) in [7, 11) is 0. The monoisotopic (exact) mass is 429 g/mol. The Bertz CT molecular complexity index is 1040. The van der Waals surface area contributed by atoms with E-state index in [9.17, 15) is 9.59 Å².